The molecule has 1 saturated heterocycles. The molecular formula is C22H26N3O2S+. The molecule has 3 aromatic rings. The zero-order valence-corrected chi connectivity index (χ0v) is 17.2. The summed E-state index contributed by atoms with van der Waals surface area (Å²) in [5, 5.41) is 1.18. The Bertz CT molecular complexity index is 944. The summed E-state index contributed by atoms with van der Waals surface area (Å²) >= 11 is 1.77. The molecule has 1 amide bonds. The minimum absolute atomic E-state index is 0.0694. The second-order valence-corrected chi connectivity index (χ2v) is 8.48. The summed E-state index contributed by atoms with van der Waals surface area (Å²) in [6.07, 6.45) is 0. The molecule has 2 aromatic carbocycles. The standard InChI is InChI=1S/C22H25N3O2S/c1-16-6-5-8-19(17(16)2)27-15-22(26)25-12-10-24(11-13-25)14-21-23-18-7-3-4-9-20(18)28-21/h3-9H,10-15H2,1-2H3/p+1. The molecule has 6 heteroatoms. The van der Waals surface area contributed by atoms with Crippen molar-refractivity contribution < 1.29 is 14.4 Å². The molecule has 0 atom stereocenters. The first kappa shape index (κ1) is 18.9. The molecule has 1 fully saturated rings. The van der Waals surface area contributed by atoms with Crippen LogP contribution in [-0.4, -0.2) is 48.6 Å². The van der Waals surface area contributed by atoms with E-state index < -0.39 is 0 Å². The van der Waals surface area contributed by atoms with Crippen LogP contribution < -0.4 is 9.64 Å². The van der Waals surface area contributed by atoms with Crippen molar-refractivity contribution in [1.29, 1.82) is 0 Å². The van der Waals surface area contributed by atoms with Crippen molar-refractivity contribution in [1.82, 2.24) is 9.88 Å². The average Bonchev–Trinajstić information content (AvgIpc) is 3.11. The van der Waals surface area contributed by atoms with Gasteiger partial charge in [0.1, 0.15) is 17.3 Å². The molecular weight excluding hydrogens is 370 g/mol. The van der Waals surface area contributed by atoms with Gasteiger partial charge in [0.05, 0.1) is 36.4 Å². The van der Waals surface area contributed by atoms with E-state index >= 15 is 0 Å². The van der Waals surface area contributed by atoms with Crippen molar-refractivity contribution in [3.05, 3.63) is 58.6 Å². The quantitative estimate of drug-likeness (QED) is 0.719. The molecule has 28 heavy (non-hydrogen) atoms. The third kappa shape index (κ3) is 4.18. The van der Waals surface area contributed by atoms with Gasteiger partial charge in [0, 0.05) is 0 Å². The Hall–Kier alpha value is -2.44. The lowest BCUT2D eigenvalue weighted by atomic mass is 10.1. The molecule has 0 aliphatic carbocycles. The predicted octanol–water partition coefficient (Wildman–Crippen LogP) is 2.22. The van der Waals surface area contributed by atoms with Crippen molar-refractivity contribution in [2.45, 2.75) is 20.4 Å². The maximum Gasteiger partial charge on any atom is 0.260 e. The molecule has 0 bridgehead atoms. The van der Waals surface area contributed by atoms with Gasteiger partial charge in [-0.1, -0.05) is 24.3 Å². The van der Waals surface area contributed by atoms with E-state index in [0.29, 0.717) is 0 Å². The largest absolute Gasteiger partial charge is 0.483 e. The molecule has 0 radical (unpaired) electrons. The van der Waals surface area contributed by atoms with Gasteiger partial charge in [0.2, 0.25) is 0 Å². The highest BCUT2D eigenvalue weighted by atomic mass is 32.1. The number of nitrogens with zero attached hydrogens (tertiary/aromatic N) is 2. The first-order chi connectivity index (χ1) is 13.6. The number of hydrogen-bond donors (Lipinski definition) is 1. The molecule has 0 spiro atoms. The Morgan fingerprint density at radius 1 is 1.14 bits per heavy atom. The van der Waals surface area contributed by atoms with E-state index in [9.17, 15) is 4.79 Å². The molecule has 0 saturated carbocycles. The molecule has 2 heterocycles. The van der Waals surface area contributed by atoms with E-state index in [2.05, 4.69) is 31.2 Å². The number of fused-ring (bicyclic) bond motifs is 1. The van der Waals surface area contributed by atoms with Crippen molar-refractivity contribution in [3.8, 4) is 5.75 Å². The Balaban J connectivity index is 1.27. The molecule has 0 unspecified atom stereocenters. The summed E-state index contributed by atoms with van der Waals surface area (Å²) < 4.78 is 7.03. The highest BCUT2D eigenvalue weighted by Crippen LogP contribution is 2.21. The van der Waals surface area contributed by atoms with Gasteiger partial charge < -0.3 is 14.5 Å². The minimum atomic E-state index is 0.0694. The highest BCUT2D eigenvalue weighted by molar-refractivity contribution is 7.18. The maximum absolute atomic E-state index is 12.5. The fourth-order valence-corrected chi connectivity index (χ4v) is 4.61. The lowest BCUT2D eigenvalue weighted by molar-refractivity contribution is -0.917. The van der Waals surface area contributed by atoms with Crippen LogP contribution in [0.25, 0.3) is 10.2 Å². The summed E-state index contributed by atoms with van der Waals surface area (Å²) in [7, 11) is 0. The second-order valence-electron chi connectivity index (χ2n) is 7.37. The SMILES string of the molecule is Cc1cccc(OCC(=O)N2CC[NH+](Cc3nc4ccccc4s3)CC2)c1C. The third-order valence-electron chi connectivity index (χ3n) is 5.47. The van der Waals surface area contributed by atoms with Gasteiger partial charge in [0.25, 0.3) is 5.91 Å². The zero-order chi connectivity index (χ0) is 19.5. The molecule has 1 aliphatic heterocycles. The summed E-state index contributed by atoms with van der Waals surface area (Å²) in [6, 6.07) is 14.2. The smallest absolute Gasteiger partial charge is 0.260 e. The number of benzene rings is 2. The second kappa shape index (κ2) is 8.29. The third-order valence-corrected chi connectivity index (χ3v) is 6.51. The Labute approximate surface area is 169 Å². The Kier molecular flexibility index (Phi) is 5.59. The summed E-state index contributed by atoms with van der Waals surface area (Å²) in [5.74, 6) is 0.869. The number of hydrogen-bond acceptors (Lipinski definition) is 4. The average molecular weight is 397 g/mol. The van der Waals surface area contributed by atoms with E-state index in [1.807, 2.05) is 30.0 Å². The molecule has 146 valence electrons. The van der Waals surface area contributed by atoms with Crippen molar-refractivity contribution in [2.24, 2.45) is 0 Å². The van der Waals surface area contributed by atoms with E-state index in [0.717, 1.165) is 49.6 Å². The summed E-state index contributed by atoms with van der Waals surface area (Å²) in [6.45, 7) is 8.56. The lowest BCUT2D eigenvalue weighted by Crippen LogP contribution is -3.13. The van der Waals surface area contributed by atoms with Gasteiger partial charge >= 0.3 is 0 Å². The molecule has 1 aromatic heterocycles. The van der Waals surface area contributed by atoms with Gasteiger partial charge in [-0.15, -0.1) is 11.3 Å². The molecule has 5 nitrogen and oxygen atoms in total. The summed E-state index contributed by atoms with van der Waals surface area (Å²) in [5.41, 5.74) is 3.36. The normalized spacial score (nSPS) is 15.1. The molecule has 1 aliphatic rings. The summed E-state index contributed by atoms with van der Waals surface area (Å²) in [4.78, 5) is 20.7. The van der Waals surface area contributed by atoms with Crippen LogP contribution in [0.1, 0.15) is 16.1 Å². The number of amides is 1. The zero-order valence-electron chi connectivity index (χ0n) is 16.4. The number of carbonyl (C=O) groups excluding carboxylic acids is 1. The fraction of sp³-hybridized carbons (Fsp3) is 0.364. The first-order valence-corrected chi connectivity index (χ1v) is 10.6. The minimum Gasteiger partial charge on any atom is -0.483 e. The van der Waals surface area contributed by atoms with Crippen LogP contribution in [0.3, 0.4) is 0 Å². The number of carbonyl (C=O) groups is 1. The van der Waals surface area contributed by atoms with Gasteiger partial charge in [-0.3, -0.25) is 4.79 Å². The van der Waals surface area contributed by atoms with Crippen LogP contribution in [0, 0.1) is 13.8 Å². The van der Waals surface area contributed by atoms with Crippen LogP contribution in [0.5, 0.6) is 5.75 Å². The van der Waals surface area contributed by atoms with Crippen molar-refractivity contribution >= 4 is 27.5 Å². The van der Waals surface area contributed by atoms with Gasteiger partial charge in [-0.2, -0.15) is 0 Å². The van der Waals surface area contributed by atoms with Crippen LogP contribution in [0.2, 0.25) is 0 Å². The number of thiazole rings is 1. The van der Waals surface area contributed by atoms with Gasteiger partial charge in [0.15, 0.2) is 6.61 Å². The predicted molar refractivity (Wildman–Crippen MR) is 112 cm³/mol. The Morgan fingerprint density at radius 3 is 2.71 bits per heavy atom. The number of ether oxygens (including phenoxy) is 1. The molecule has 1 N–H and O–H groups in total. The highest BCUT2D eigenvalue weighted by Gasteiger charge is 2.25. The number of rotatable bonds is 5. The topological polar surface area (TPSA) is 46.9 Å². The van der Waals surface area contributed by atoms with E-state index in [4.69, 9.17) is 9.72 Å². The number of para-hydroxylation sites is 1. The number of piperazine rings is 1. The number of nitrogens with one attached hydrogen (secondary N) is 1. The van der Waals surface area contributed by atoms with Crippen molar-refractivity contribution in [3.63, 3.8) is 0 Å². The number of aryl methyl sites for hydroxylation is 1. The van der Waals surface area contributed by atoms with E-state index in [1.54, 1.807) is 11.3 Å². The monoisotopic (exact) mass is 396 g/mol. The number of aromatic nitrogens is 1. The van der Waals surface area contributed by atoms with Crippen LogP contribution in [-0.2, 0) is 11.3 Å². The lowest BCUT2D eigenvalue weighted by Gasteiger charge is -2.31. The maximum atomic E-state index is 12.5. The van der Waals surface area contributed by atoms with Gasteiger partial charge in [-0.05, 0) is 43.2 Å². The first-order valence-electron chi connectivity index (χ1n) is 9.75. The molecule has 4 rings (SSSR count). The van der Waals surface area contributed by atoms with Gasteiger partial charge in [-0.25, -0.2) is 4.98 Å². The Morgan fingerprint density at radius 2 is 1.93 bits per heavy atom. The van der Waals surface area contributed by atoms with E-state index in [1.165, 1.54) is 20.2 Å². The van der Waals surface area contributed by atoms with Crippen LogP contribution in [0.15, 0.2) is 42.5 Å². The fourth-order valence-electron chi connectivity index (χ4n) is 3.57. The van der Waals surface area contributed by atoms with Crippen LogP contribution in [0.4, 0.5) is 0 Å². The van der Waals surface area contributed by atoms with Crippen LogP contribution >= 0.6 is 11.3 Å². The number of quaternary nitrogens is 1. The van der Waals surface area contributed by atoms with Crippen molar-refractivity contribution in [2.75, 3.05) is 32.8 Å². The van der Waals surface area contributed by atoms with E-state index in [-0.39, 0.29) is 12.5 Å².